The summed E-state index contributed by atoms with van der Waals surface area (Å²) in [5, 5.41) is 3.93. The topological polar surface area (TPSA) is 48.5 Å². The molecule has 28 heavy (non-hydrogen) atoms. The Morgan fingerprint density at radius 2 is 2.00 bits per heavy atom. The Morgan fingerprint density at radius 1 is 1.18 bits per heavy atom. The van der Waals surface area contributed by atoms with Crippen molar-refractivity contribution in [3.05, 3.63) is 58.3 Å². The average Bonchev–Trinajstić information content (AvgIpc) is 3.11. The summed E-state index contributed by atoms with van der Waals surface area (Å²) in [6.07, 6.45) is 0. The van der Waals surface area contributed by atoms with E-state index in [1.807, 2.05) is 12.1 Å². The van der Waals surface area contributed by atoms with E-state index in [0.29, 0.717) is 12.1 Å². The molecule has 1 N–H and O–H groups in total. The Bertz CT molecular complexity index is 987. The first-order chi connectivity index (χ1) is 13.6. The number of nitrogens with one attached hydrogen (secondary N) is 1. The molecule has 0 aliphatic carbocycles. The van der Waals surface area contributed by atoms with Crippen LogP contribution in [0.25, 0.3) is 10.2 Å². The molecular weight excluding hydrogens is 443 g/mol. The highest BCUT2D eigenvalue weighted by atomic mass is 79.9. The van der Waals surface area contributed by atoms with Gasteiger partial charge >= 0.3 is 0 Å². The van der Waals surface area contributed by atoms with Gasteiger partial charge in [-0.05, 0) is 36.4 Å². The molecule has 1 aliphatic rings. The molecular formula is C20H20BrFN4OS. The number of halogens is 2. The zero-order chi connectivity index (χ0) is 19.5. The van der Waals surface area contributed by atoms with Gasteiger partial charge in [0.15, 0.2) is 5.13 Å². The number of nitrogens with zero attached hydrogens (tertiary/aromatic N) is 3. The number of benzene rings is 2. The smallest absolute Gasteiger partial charge is 0.251 e. The second-order valence-electron chi connectivity index (χ2n) is 6.70. The van der Waals surface area contributed by atoms with Crippen molar-refractivity contribution in [1.29, 1.82) is 0 Å². The van der Waals surface area contributed by atoms with E-state index in [-0.39, 0.29) is 5.91 Å². The Hall–Kier alpha value is -2.03. The molecule has 0 atom stereocenters. The fourth-order valence-corrected chi connectivity index (χ4v) is 4.81. The highest BCUT2D eigenvalue weighted by molar-refractivity contribution is 9.10. The third-order valence-electron chi connectivity index (χ3n) is 4.78. The SMILES string of the molecule is O=C(NCCN1CCN(c2nc3ccc(Br)cc3s2)CC1)c1cccc(F)c1. The molecule has 1 aliphatic heterocycles. The van der Waals surface area contributed by atoms with E-state index in [1.54, 1.807) is 23.5 Å². The summed E-state index contributed by atoms with van der Waals surface area (Å²) in [6, 6.07) is 11.9. The number of rotatable bonds is 5. The van der Waals surface area contributed by atoms with Gasteiger partial charge in [0, 0.05) is 49.3 Å². The quantitative estimate of drug-likeness (QED) is 0.627. The molecule has 0 saturated carbocycles. The maximum absolute atomic E-state index is 13.2. The van der Waals surface area contributed by atoms with Crippen molar-refractivity contribution in [2.45, 2.75) is 0 Å². The van der Waals surface area contributed by atoms with Crippen molar-refractivity contribution in [2.75, 3.05) is 44.2 Å². The van der Waals surface area contributed by atoms with E-state index in [9.17, 15) is 9.18 Å². The van der Waals surface area contributed by atoms with E-state index >= 15 is 0 Å². The second kappa shape index (κ2) is 8.55. The number of carbonyl (C=O) groups excluding carboxylic acids is 1. The van der Waals surface area contributed by atoms with Crippen LogP contribution in [0.3, 0.4) is 0 Å². The van der Waals surface area contributed by atoms with Crippen LogP contribution in [0, 0.1) is 5.82 Å². The third-order valence-corrected chi connectivity index (χ3v) is 6.35. The Kier molecular flexibility index (Phi) is 5.89. The fraction of sp³-hybridized carbons (Fsp3) is 0.300. The number of amides is 1. The lowest BCUT2D eigenvalue weighted by Crippen LogP contribution is -2.48. The zero-order valence-corrected chi connectivity index (χ0v) is 17.6. The van der Waals surface area contributed by atoms with Gasteiger partial charge in [-0.25, -0.2) is 9.37 Å². The highest BCUT2D eigenvalue weighted by Gasteiger charge is 2.20. The maximum Gasteiger partial charge on any atom is 0.251 e. The van der Waals surface area contributed by atoms with Gasteiger partial charge in [0.05, 0.1) is 10.2 Å². The third kappa shape index (κ3) is 4.51. The normalized spacial score (nSPS) is 15.1. The lowest BCUT2D eigenvalue weighted by Gasteiger charge is -2.34. The summed E-state index contributed by atoms with van der Waals surface area (Å²) in [7, 11) is 0. The number of hydrogen-bond donors (Lipinski definition) is 1. The van der Waals surface area contributed by atoms with Gasteiger partial charge in [0.2, 0.25) is 0 Å². The van der Waals surface area contributed by atoms with Crippen molar-refractivity contribution < 1.29 is 9.18 Å². The van der Waals surface area contributed by atoms with Crippen LogP contribution in [-0.4, -0.2) is 55.1 Å². The number of hydrogen-bond acceptors (Lipinski definition) is 5. The van der Waals surface area contributed by atoms with Crippen LogP contribution in [0.2, 0.25) is 0 Å². The summed E-state index contributed by atoms with van der Waals surface area (Å²) >= 11 is 5.23. The van der Waals surface area contributed by atoms with Crippen LogP contribution in [0.15, 0.2) is 46.9 Å². The molecule has 0 bridgehead atoms. The Morgan fingerprint density at radius 3 is 2.79 bits per heavy atom. The molecule has 0 unspecified atom stereocenters. The second-order valence-corrected chi connectivity index (χ2v) is 8.63. The first-order valence-electron chi connectivity index (χ1n) is 9.16. The summed E-state index contributed by atoms with van der Waals surface area (Å²) in [4.78, 5) is 21.5. The van der Waals surface area contributed by atoms with Gasteiger partial charge in [0.1, 0.15) is 5.82 Å². The molecule has 3 aromatic rings. The van der Waals surface area contributed by atoms with E-state index in [4.69, 9.17) is 4.98 Å². The minimum Gasteiger partial charge on any atom is -0.351 e. The van der Waals surface area contributed by atoms with Crippen LogP contribution >= 0.6 is 27.3 Å². The number of aromatic nitrogens is 1. The summed E-state index contributed by atoms with van der Waals surface area (Å²) in [5.41, 5.74) is 1.39. The van der Waals surface area contributed by atoms with E-state index < -0.39 is 5.82 Å². The van der Waals surface area contributed by atoms with Crippen molar-refractivity contribution in [3.63, 3.8) is 0 Å². The molecule has 2 heterocycles. The fourth-order valence-electron chi connectivity index (χ4n) is 3.24. The number of piperazine rings is 1. The van der Waals surface area contributed by atoms with Gasteiger partial charge in [-0.2, -0.15) is 0 Å². The van der Waals surface area contributed by atoms with E-state index in [1.165, 1.54) is 16.8 Å². The van der Waals surface area contributed by atoms with Crippen molar-refractivity contribution in [3.8, 4) is 0 Å². The van der Waals surface area contributed by atoms with Gasteiger partial charge in [0.25, 0.3) is 5.91 Å². The van der Waals surface area contributed by atoms with Crippen molar-refractivity contribution >= 4 is 48.5 Å². The molecule has 146 valence electrons. The molecule has 1 saturated heterocycles. The Labute approximate surface area is 175 Å². The van der Waals surface area contributed by atoms with E-state index in [2.05, 4.69) is 37.1 Å². The monoisotopic (exact) mass is 462 g/mol. The highest BCUT2D eigenvalue weighted by Crippen LogP contribution is 2.31. The minimum atomic E-state index is -0.397. The molecule has 8 heteroatoms. The van der Waals surface area contributed by atoms with E-state index in [0.717, 1.165) is 47.8 Å². The average molecular weight is 463 g/mol. The van der Waals surface area contributed by atoms with Crippen LogP contribution in [-0.2, 0) is 0 Å². The number of anilines is 1. The largest absolute Gasteiger partial charge is 0.351 e. The first-order valence-corrected chi connectivity index (χ1v) is 10.8. The predicted octanol–water partition coefficient (Wildman–Crippen LogP) is 3.75. The maximum atomic E-state index is 13.2. The Balaban J connectivity index is 1.25. The van der Waals surface area contributed by atoms with Gasteiger partial charge < -0.3 is 10.2 Å². The molecule has 1 amide bonds. The van der Waals surface area contributed by atoms with Crippen LogP contribution < -0.4 is 10.2 Å². The summed E-state index contributed by atoms with van der Waals surface area (Å²) in [6.45, 7) is 5.01. The number of thiazole rings is 1. The van der Waals surface area contributed by atoms with Crippen molar-refractivity contribution in [2.24, 2.45) is 0 Å². The zero-order valence-electron chi connectivity index (χ0n) is 15.2. The first kappa shape index (κ1) is 19.3. The molecule has 0 radical (unpaired) electrons. The predicted molar refractivity (Wildman–Crippen MR) is 115 cm³/mol. The number of carbonyl (C=O) groups is 1. The molecule has 4 rings (SSSR count). The standard InChI is InChI=1S/C20H20BrFN4OS/c21-15-4-5-17-18(13-15)28-20(24-17)26-10-8-25(9-11-26)7-6-23-19(27)14-2-1-3-16(22)12-14/h1-5,12-13H,6-11H2,(H,23,27). The van der Waals surface area contributed by atoms with Gasteiger partial charge in [-0.1, -0.05) is 33.3 Å². The lowest BCUT2D eigenvalue weighted by molar-refractivity contribution is 0.0947. The van der Waals surface area contributed by atoms with Crippen LogP contribution in [0.5, 0.6) is 0 Å². The minimum absolute atomic E-state index is 0.237. The summed E-state index contributed by atoms with van der Waals surface area (Å²) < 4.78 is 15.5. The molecule has 1 aromatic heterocycles. The van der Waals surface area contributed by atoms with Crippen molar-refractivity contribution in [1.82, 2.24) is 15.2 Å². The molecule has 0 spiro atoms. The van der Waals surface area contributed by atoms with Gasteiger partial charge in [-0.3, -0.25) is 9.69 Å². The molecule has 1 fully saturated rings. The van der Waals surface area contributed by atoms with Crippen LogP contribution in [0.1, 0.15) is 10.4 Å². The molecule has 2 aromatic carbocycles. The van der Waals surface area contributed by atoms with Crippen LogP contribution in [0.4, 0.5) is 9.52 Å². The lowest BCUT2D eigenvalue weighted by atomic mass is 10.2. The summed E-state index contributed by atoms with van der Waals surface area (Å²) in [5.74, 6) is -0.634. The molecule has 5 nitrogen and oxygen atoms in total. The van der Waals surface area contributed by atoms with Gasteiger partial charge in [-0.15, -0.1) is 0 Å². The number of fused-ring (bicyclic) bond motifs is 1.